The molecule has 0 bridgehead atoms. The number of amides is 3. The second-order valence-corrected chi connectivity index (χ2v) is 6.68. The molecule has 0 aliphatic heterocycles. The van der Waals surface area contributed by atoms with Gasteiger partial charge in [0.05, 0.1) is 4.92 Å². The predicted molar refractivity (Wildman–Crippen MR) is 118 cm³/mol. The Balaban J connectivity index is 2.20. The van der Waals surface area contributed by atoms with Crippen LogP contribution < -0.4 is 27.8 Å². The Morgan fingerprint density at radius 1 is 1.06 bits per heavy atom. The van der Waals surface area contributed by atoms with Crippen molar-refractivity contribution in [3.8, 4) is 0 Å². The van der Waals surface area contributed by atoms with Gasteiger partial charge >= 0.3 is 0 Å². The van der Waals surface area contributed by atoms with Crippen molar-refractivity contribution in [1.29, 1.82) is 0 Å². The Morgan fingerprint density at radius 2 is 1.75 bits per heavy atom. The molecule has 0 aromatic heterocycles. The van der Waals surface area contributed by atoms with Crippen molar-refractivity contribution in [1.82, 2.24) is 5.32 Å². The largest absolute Gasteiger partial charge is 0.370 e. The van der Waals surface area contributed by atoms with Gasteiger partial charge in [-0.2, -0.15) is 0 Å². The summed E-state index contributed by atoms with van der Waals surface area (Å²) in [6, 6.07) is 10.8. The summed E-state index contributed by atoms with van der Waals surface area (Å²) in [5, 5.41) is 16.2. The molecule has 0 heterocycles. The van der Waals surface area contributed by atoms with Crippen LogP contribution in [0.25, 0.3) is 0 Å². The van der Waals surface area contributed by atoms with E-state index in [0.717, 1.165) is 12.1 Å². The highest BCUT2D eigenvalue weighted by Crippen LogP contribution is 2.22. The van der Waals surface area contributed by atoms with Crippen LogP contribution >= 0.6 is 0 Å². The van der Waals surface area contributed by atoms with E-state index in [9.17, 15) is 24.5 Å². The molecule has 3 amide bonds. The van der Waals surface area contributed by atoms with Crippen molar-refractivity contribution in [2.24, 2.45) is 22.2 Å². The molecule has 32 heavy (non-hydrogen) atoms. The third-order valence-electron chi connectivity index (χ3n) is 4.33. The van der Waals surface area contributed by atoms with Crippen LogP contribution in [0.3, 0.4) is 0 Å². The second kappa shape index (κ2) is 11.1. The number of nitrogens with zero attached hydrogens (tertiary/aromatic N) is 2. The molecule has 168 valence electrons. The van der Waals surface area contributed by atoms with Gasteiger partial charge in [-0.25, -0.2) is 0 Å². The number of carbonyl (C=O) groups excluding carboxylic acids is 3. The molecule has 12 nitrogen and oxygen atoms in total. The van der Waals surface area contributed by atoms with Gasteiger partial charge < -0.3 is 27.8 Å². The zero-order valence-corrected chi connectivity index (χ0v) is 17.0. The van der Waals surface area contributed by atoms with E-state index in [-0.39, 0.29) is 30.2 Å². The fourth-order valence-electron chi connectivity index (χ4n) is 2.80. The van der Waals surface area contributed by atoms with E-state index in [0.29, 0.717) is 12.0 Å². The Kier molecular flexibility index (Phi) is 8.22. The first kappa shape index (κ1) is 23.8. The summed E-state index contributed by atoms with van der Waals surface area (Å²) in [6.45, 7) is 0.247. The lowest BCUT2D eigenvalue weighted by Gasteiger charge is -2.18. The minimum absolute atomic E-state index is 0.0933. The highest BCUT2D eigenvalue weighted by atomic mass is 16.6. The summed E-state index contributed by atoms with van der Waals surface area (Å²) >= 11 is 0. The number of benzene rings is 2. The average Bonchev–Trinajstić information content (AvgIpc) is 2.75. The fraction of sp³-hybridized carbons (Fsp3) is 0.200. The van der Waals surface area contributed by atoms with Gasteiger partial charge in [0, 0.05) is 23.9 Å². The summed E-state index contributed by atoms with van der Waals surface area (Å²) in [5.74, 6) is -2.17. The number of anilines is 1. The van der Waals surface area contributed by atoms with Crippen molar-refractivity contribution in [3.05, 3.63) is 69.8 Å². The number of nitro groups is 1. The lowest BCUT2D eigenvalue weighted by Crippen LogP contribution is -2.44. The molecule has 8 N–H and O–H groups in total. The first-order valence-corrected chi connectivity index (χ1v) is 9.49. The number of aliphatic imine (C=N–C) groups is 1. The molecule has 12 heteroatoms. The van der Waals surface area contributed by atoms with Crippen LogP contribution in [0.4, 0.5) is 11.4 Å². The Morgan fingerprint density at radius 3 is 2.34 bits per heavy atom. The van der Waals surface area contributed by atoms with E-state index in [1.807, 2.05) is 0 Å². The number of nitro benzene ring substituents is 1. The maximum Gasteiger partial charge on any atom is 0.282 e. The van der Waals surface area contributed by atoms with E-state index in [4.69, 9.17) is 17.2 Å². The minimum Gasteiger partial charge on any atom is -0.370 e. The van der Waals surface area contributed by atoms with Crippen molar-refractivity contribution in [2.75, 3.05) is 11.9 Å². The molecule has 0 saturated carbocycles. The SMILES string of the molecule is NC(=O)c1cc(NC(=O)[C@H](CCCN=C(N)N)NC(=O)c2ccccc2)ccc1[N+](=O)[O-]. The number of primary amides is 1. The standard InChI is InChI=1S/C20H23N7O5/c21-17(28)14-11-13(8-9-16(14)27(31)32)25-19(30)15(7-4-10-24-20(22)23)26-18(29)12-5-2-1-3-6-12/h1-3,5-6,8-9,11,15H,4,7,10H2,(H2,21,28)(H,25,30)(H,26,29)(H4,22,23,24)/t15-/m0/s1. The van der Waals surface area contributed by atoms with Gasteiger partial charge in [0.2, 0.25) is 5.91 Å². The van der Waals surface area contributed by atoms with Crippen molar-refractivity contribution in [3.63, 3.8) is 0 Å². The maximum atomic E-state index is 12.8. The third-order valence-corrected chi connectivity index (χ3v) is 4.33. The highest BCUT2D eigenvalue weighted by molar-refractivity contribution is 6.03. The summed E-state index contributed by atoms with van der Waals surface area (Å²) in [7, 11) is 0. The summed E-state index contributed by atoms with van der Waals surface area (Å²) in [6.07, 6.45) is 0.592. The molecule has 0 aliphatic carbocycles. The number of guanidine groups is 1. The number of nitrogens with two attached hydrogens (primary N) is 3. The molecule has 0 spiro atoms. The van der Waals surface area contributed by atoms with E-state index >= 15 is 0 Å². The Bertz CT molecular complexity index is 1040. The smallest absolute Gasteiger partial charge is 0.282 e. The Hall–Kier alpha value is -4.48. The highest BCUT2D eigenvalue weighted by Gasteiger charge is 2.23. The third kappa shape index (κ3) is 6.79. The van der Waals surface area contributed by atoms with Crippen molar-refractivity contribution < 1.29 is 19.3 Å². The van der Waals surface area contributed by atoms with Crippen LogP contribution in [0.15, 0.2) is 53.5 Å². The molecule has 0 fully saturated rings. The molecule has 2 rings (SSSR count). The second-order valence-electron chi connectivity index (χ2n) is 6.68. The quantitative estimate of drug-likeness (QED) is 0.116. The van der Waals surface area contributed by atoms with Crippen LogP contribution in [0.2, 0.25) is 0 Å². The van der Waals surface area contributed by atoms with E-state index in [2.05, 4.69) is 15.6 Å². The van der Waals surface area contributed by atoms with Gasteiger partial charge in [-0.15, -0.1) is 0 Å². The molecular weight excluding hydrogens is 418 g/mol. The van der Waals surface area contributed by atoms with Crippen LogP contribution in [-0.2, 0) is 4.79 Å². The van der Waals surface area contributed by atoms with Gasteiger partial charge in [-0.1, -0.05) is 18.2 Å². The summed E-state index contributed by atoms with van der Waals surface area (Å²) < 4.78 is 0. The zero-order valence-electron chi connectivity index (χ0n) is 17.0. The predicted octanol–water partition coefficient (Wildman–Crippen LogP) is 0.484. The van der Waals surface area contributed by atoms with Gasteiger partial charge in [0.15, 0.2) is 5.96 Å². The van der Waals surface area contributed by atoms with Gasteiger partial charge in [0.1, 0.15) is 11.6 Å². The number of nitrogens with one attached hydrogen (secondary N) is 2. The Labute approximate surface area is 183 Å². The normalized spacial score (nSPS) is 11.1. The van der Waals surface area contributed by atoms with Crippen molar-refractivity contribution >= 4 is 35.1 Å². The number of rotatable bonds is 10. The van der Waals surface area contributed by atoms with E-state index < -0.39 is 34.4 Å². The molecule has 2 aromatic carbocycles. The van der Waals surface area contributed by atoms with Crippen molar-refractivity contribution in [2.45, 2.75) is 18.9 Å². The molecule has 0 unspecified atom stereocenters. The summed E-state index contributed by atoms with van der Waals surface area (Å²) in [4.78, 5) is 51.1. The van der Waals surface area contributed by atoms with E-state index in [1.165, 1.54) is 6.07 Å². The number of hydrogen-bond donors (Lipinski definition) is 5. The van der Waals surface area contributed by atoms with Crippen LogP contribution in [0.5, 0.6) is 0 Å². The fourth-order valence-corrected chi connectivity index (χ4v) is 2.80. The lowest BCUT2D eigenvalue weighted by atomic mass is 10.1. The zero-order chi connectivity index (χ0) is 23.7. The average molecular weight is 441 g/mol. The molecular formula is C20H23N7O5. The van der Waals surface area contributed by atoms with Gasteiger partial charge in [-0.3, -0.25) is 29.5 Å². The minimum atomic E-state index is -1.01. The number of carbonyl (C=O) groups is 3. The molecule has 1 atom stereocenters. The first-order chi connectivity index (χ1) is 15.2. The molecule has 0 radical (unpaired) electrons. The van der Waals surface area contributed by atoms with Crippen LogP contribution in [-0.4, -0.2) is 41.2 Å². The monoisotopic (exact) mass is 441 g/mol. The van der Waals surface area contributed by atoms with E-state index in [1.54, 1.807) is 30.3 Å². The maximum absolute atomic E-state index is 12.8. The van der Waals surface area contributed by atoms with Crippen LogP contribution in [0, 0.1) is 10.1 Å². The lowest BCUT2D eigenvalue weighted by molar-refractivity contribution is -0.385. The molecule has 0 saturated heterocycles. The number of hydrogen-bond acceptors (Lipinski definition) is 6. The van der Waals surface area contributed by atoms with Gasteiger partial charge in [0.25, 0.3) is 17.5 Å². The first-order valence-electron chi connectivity index (χ1n) is 9.49. The van der Waals surface area contributed by atoms with Crippen LogP contribution in [0.1, 0.15) is 33.6 Å². The summed E-state index contributed by atoms with van der Waals surface area (Å²) in [5.41, 5.74) is 15.4. The topological polar surface area (TPSA) is 209 Å². The molecule has 0 aliphatic rings. The van der Waals surface area contributed by atoms with Gasteiger partial charge in [-0.05, 0) is 37.1 Å². The molecule has 2 aromatic rings.